The third-order valence-electron chi connectivity index (χ3n) is 13.5. The fourth-order valence-corrected chi connectivity index (χ4v) is 11.4. The number of piperazine rings is 1. The number of morpholine rings is 1. The van der Waals surface area contributed by atoms with Crippen LogP contribution in [-0.4, -0.2) is 111 Å². The summed E-state index contributed by atoms with van der Waals surface area (Å²) < 4.78 is 41.8. The van der Waals surface area contributed by atoms with Gasteiger partial charge in [-0.3, -0.25) is 14.5 Å². The lowest BCUT2D eigenvalue weighted by Crippen LogP contribution is -2.60. The fourth-order valence-electron chi connectivity index (χ4n) is 9.89. The highest BCUT2D eigenvalue weighted by atomic mass is 35.5. The van der Waals surface area contributed by atoms with Crippen LogP contribution in [0.5, 0.6) is 5.75 Å². The Balaban J connectivity index is 1.16. The summed E-state index contributed by atoms with van der Waals surface area (Å²) in [4.78, 5) is 34.3. The van der Waals surface area contributed by atoms with Gasteiger partial charge >= 0.3 is 0 Å². The van der Waals surface area contributed by atoms with Crippen molar-refractivity contribution in [3.63, 3.8) is 0 Å². The number of amides is 2. The van der Waals surface area contributed by atoms with E-state index in [1.54, 1.807) is 31.2 Å². The molecule has 2 saturated heterocycles. The van der Waals surface area contributed by atoms with Crippen LogP contribution in [0.25, 0.3) is 0 Å². The maximum Gasteiger partial charge on any atom is 0.264 e. The Morgan fingerprint density at radius 1 is 1.09 bits per heavy atom. The number of nitrogens with zero attached hydrogens (tertiary/aromatic N) is 3. The summed E-state index contributed by atoms with van der Waals surface area (Å²) in [6.07, 6.45) is 8.39. The molecule has 2 bridgehead atoms. The van der Waals surface area contributed by atoms with Crippen LogP contribution in [0.4, 0.5) is 5.69 Å². The first-order valence-corrected chi connectivity index (χ1v) is 21.6. The van der Waals surface area contributed by atoms with Crippen LogP contribution >= 0.6 is 11.6 Å². The molecule has 1 unspecified atom stereocenters. The van der Waals surface area contributed by atoms with Gasteiger partial charge in [0, 0.05) is 55.3 Å². The molecule has 292 valence electrons. The molecule has 4 aliphatic heterocycles. The number of carbonyl (C=O) groups excluding carboxylic acids is 2. The summed E-state index contributed by atoms with van der Waals surface area (Å²) in [5.41, 5.74) is 1.61. The summed E-state index contributed by atoms with van der Waals surface area (Å²) in [6.45, 7) is 9.20. The molecule has 0 aromatic heterocycles. The van der Waals surface area contributed by atoms with E-state index in [0.29, 0.717) is 63.2 Å². The van der Waals surface area contributed by atoms with Crippen LogP contribution in [0.3, 0.4) is 0 Å². The Labute approximate surface area is 324 Å². The molecule has 1 saturated carbocycles. The van der Waals surface area contributed by atoms with Gasteiger partial charge in [-0.25, -0.2) is 13.1 Å². The molecule has 4 heterocycles. The van der Waals surface area contributed by atoms with Gasteiger partial charge < -0.3 is 24.4 Å². The summed E-state index contributed by atoms with van der Waals surface area (Å²) in [5.74, 6) is -0.637. The highest BCUT2D eigenvalue weighted by molar-refractivity contribution is 7.90. The molecule has 0 radical (unpaired) electrons. The van der Waals surface area contributed by atoms with Gasteiger partial charge in [-0.15, -0.1) is 0 Å². The van der Waals surface area contributed by atoms with Gasteiger partial charge in [0.1, 0.15) is 5.75 Å². The molecule has 11 nitrogen and oxygen atoms in total. The maximum absolute atomic E-state index is 14.1. The zero-order valence-electron chi connectivity index (χ0n) is 31.3. The Bertz CT molecular complexity index is 1930. The number of hydrogen-bond acceptors (Lipinski definition) is 9. The molecule has 2 aliphatic carbocycles. The zero-order chi connectivity index (χ0) is 37.8. The number of aliphatic hydroxyl groups is 1. The number of aryl methyl sites for hydroxylation is 1. The molecular weight excluding hydrogens is 728 g/mol. The van der Waals surface area contributed by atoms with Crippen LogP contribution in [0, 0.1) is 17.8 Å². The van der Waals surface area contributed by atoms with Crippen molar-refractivity contribution in [3.8, 4) is 5.75 Å². The topological polar surface area (TPSA) is 129 Å². The Kier molecular flexibility index (Phi) is 10.3. The molecule has 3 fully saturated rings. The van der Waals surface area contributed by atoms with Crippen molar-refractivity contribution in [1.82, 2.24) is 14.5 Å². The lowest BCUT2D eigenvalue weighted by molar-refractivity contribution is -0.145. The number of anilines is 1. The second-order valence-electron chi connectivity index (χ2n) is 16.8. The Morgan fingerprint density at radius 2 is 1.94 bits per heavy atom. The third kappa shape index (κ3) is 7.17. The normalized spacial score (nSPS) is 34.6. The summed E-state index contributed by atoms with van der Waals surface area (Å²) in [7, 11) is -4.04. The first-order valence-electron chi connectivity index (χ1n) is 19.7. The number of halogens is 1. The van der Waals surface area contributed by atoms with Crippen LogP contribution in [-0.2, 0) is 31.4 Å². The molecule has 2 aromatic rings. The van der Waals surface area contributed by atoms with Crippen molar-refractivity contribution < 1.29 is 32.6 Å². The summed E-state index contributed by atoms with van der Waals surface area (Å²) in [5, 5.41) is 12.5. The van der Waals surface area contributed by atoms with Crippen molar-refractivity contribution in [2.24, 2.45) is 17.8 Å². The molecule has 8 rings (SSSR count). The number of hydrogen-bond donors (Lipinski definition) is 2. The number of carbonyl (C=O) groups is 2. The highest BCUT2D eigenvalue weighted by Crippen LogP contribution is 2.49. The maximum atomic E-state index is 14.1. The van der Waals surface area contributed by atoms with E-state index >= 15 is 0 Å². The van der Waals surface area contributed by atoms with Crippen LogP contribution in [0.2, 0.25) is 5.02 Å². The molecule has 2 N–H and O–H groups in total. The van der Waals surface area contributed by atoms with E-state index in [0.717, 1.165) is 50.9 Å². The van der Waals surface area contributed by atoms with Gasteiger partial charge in [0.25, 0.3) is 5.91 Å². The second kappa shape index (κ2) is 14.7. The van der Waals surface area contributed by atoms with Gasteiger partial charge in [-0.05, 0) is 105 Å². The summed E-state index contributed by atoms with van der Waals surface area (Å²) >= 11 is 6.47. The van der Waals surface area contributed by atoms with Crippen molar-refractivity contribution >= 4 is 39.1 Å². The third-order valence-corrected chi connectivity index (χ3v) is 15.6. The van der Waals surface area contributed by atoms with Crippen molar-refractivity contribution in [1.29, 1.82) is 0 Å². The van der Waals surface area contributed by atoms with E-state index in [-0.39, 0.29) is 47.1 Å². The van der Waals surface area contributed by atoms with Gasteiger partial charge in [-0.1, -0.05) is 36.7 Å². The molecule has 6 aliphatic rings. The number of sulfonamides is 1. The fraction of sp³-hybridized carbons (Fsp3) is 0.610. The summed E-state index contributed by atoms with van der Waals surface area (Å²) in [6, 6.07) is 11.4. The minimum Gasteiger partial charge on any atom is -0.490 e. The zero-order valence-corrected chi connectivity index (χ0v) is 32.9. The average Bonchev–Trinajstić information content (AvgIpc) is 3.28. The molecule has 13 heteroatoms. The number of benzene rings is 2. The number of rotatable bonds is 2. The molecule has 54 heavy (non-hydrogen) atoms. The van der Waals surface area contributed by atoms with E-state index in [2.05, 4.69) is 26.7 Å². The number of allylic oxidation sites excluding steroid dienone is 1. The van der Waals surface area contributed by atoms with E-state index in [4.69, 9.17) is 21.1 Å². The monoisotopic (exact) mass is 780 g/mol. The van der Waals surface area contributed by atoms with Crippen LogP contribution in [0.1, 0.15) is 73.9 Å². The molecule has 2 amide bonds. The molecular formula is C41H53ClN4O7S. The predicted molar refractivity (Wildman–Crippen MR) is 208 cm³/mol. The van der Waals surface area contributed by atoms with Gasteiger partial charge in [0.05, 0.1) is 48.8 Å². The first kappa shape index (κ1) is 37.7. The minimum absolute atomic E-state index is 0.0432. The van der Waals surface area contributed by atoms with Gasteiger partial charge in [0.15, 0.2) is 0 Å². The number of ether oxygens (including phenoxy) is 2. The Hall–Kier alpha value is -3.16. The van der Waals surface area contributed by atoms with Crippen molar-refractivity contribution in [2.75, 3.05) is 64.0 Å². The highest BCUT2D eigenvalue weighted by Gasteiger charge is 2.49. The van der Waals surface area contributed by atoms with Gasteiger partial charge in [0.2, 0.25) is 15.9 Å². The van der Waals surface area contributed by atoms with E-state index in [9.17, 15) is 23.1 Å². The SMILES string of the molecule is C[C@@H]1[C@@H](C)C/C=C/[C@@](O)(CC(=O)N2CCN3CCOCC3C2)[C@@H]2CC[C@H]2CN2C[C@@]3(CCCc4cc(Cl)ccc43)COc3ccc(cc32)C(=O)NS1(=O)=O. The number of fused-ring (bicyclic) bond motifs is 5. The Morgan fingerprint density at radius 3 is 2.76 bits per heavy atom. The lowest BCUT2D eigenvalue weighted by atomic mass is 9.63. The molecule has 2 aromatic carbocycles. The quantitative estimate of drug-likeness (QED) is 0.422. The minimum atomic E-state index is -4.04. The largest absolute Gasteiger partial charge is 0.490 e. The predicted octanol–water partition coefficient (Wildman–Crippen LogP) is 4.55. The molecule has 7 atom stereocenters. The van der Waals surface area contributed by atoms with Crippen molar-refractivity contribution in [2.45, 2.75) is 81.1 Å². The number of nitrogens with one attached hydrogen (secondary N) is 1. The van der Waals surface area contributed by atoms with Gasteiger partial charge in [-0.2, -0.15) is 0 Å². The van der Waals surface area contributed by atoms with E-state index in [1.165, 1.54) is 11.1 Å². The smallest absolute Gasteiger partial charge is 0.264 e. The standard InChI is InChI=1S/C41H53ClN4O7S/c1-27-5-3-14-41(49,21-38(47)45-16-15-44-17-18-52-24-33(44)23-45)35-10-7-31(35)22-46-25-40(13-4-6-29-19-32(42)9-11-34(29)40)26-53-37-12-8-30(20-36(37)46)39(48)43-54(50,51)28(27)2/h3,8-9,11-12,14,19-20,27-28,31,33,35,49H,4-7,10,13,15-18,21-26H2,1-2H3,(H,43,48)/b14-3+/t27-,28+,31-,33?,35+,40-,41+/m0/s1. The lowest BCUT2D eigenvalue weighted by Gasteiger charge is -2.50. The van der Waals surface area contributed by atoms with E-state index in [1.807, 2.05) is 24.0 Å². The first-order chi connectivity index (χ1) is 25.8. The van der Waals surface area contributed by atoms with Crippen LogP contribution in [0.15, 0.2) is 48.6 Å². The second-order valence-corrected chi connectivity index (χ2v) is 19.3. The van der Waals surface area contributed by atoms with Crippen LogP contribution < -0.4 is 14.4 Å². The van der Waals surface area contributed by atoms with E-state index < -0.39 is 26.8 Å². The van der Waals surface area contributed by atoms with Crippen molar-refractivity contribution in [3.05, 3.63) is 70.3 Å². The average molecular weight is 781 g/mol. The molecule has 1 spiro atoms.